The van der Waals surface area contributed by atoms with Crippen LogP contribution in [-0.2, 0) is 35.0 Å². The number of unbranched alkanes of at least 4 members (excludes halogenated alkanes) is 1. The number of hydrogen-bond acceptors (Lipinski definition) is 5. The molecule has 0 radical (unpaired) electrons. The number of halogens is 6. The number of anilines is 1. The van der Waals surface area contributed by atoms with E-state index in [2.05, 4.69) is 15.7 Å². The number of carbonyl (C=O) groups is 2. The number of hydrogen-bond donors (Lipinski definition) is 2. The van der Waals surface area contributed by atoms with Crippen LogP contribution in [0.15, 0.2) is 24.3 Å². The first-order valence-corrected chi connectivity index (χ1v) is 14.3. The van der Waals surface area contributed by atoms with Gasteiger partial charge in [0, 0.05) is 55.3 Å². The number of fused-ring (bicyclic) bond motifs is 1. The van der Waals surface area contributed by atoms with E-state index in [0.717, 1.165) is 0 Å². The van der Waals surface area contributed by atoms with E-state index in [1.807, 2.05) is 0 Å². The van der Waals surface area contributed by atoms with E-state index in [0.29, 0.717) is 23.4 Å². The Morgan fingerprint density at radius 2 is 1.90 bits per heavy atom. The molecule has 1 aliphatic heterocycles. The van der Waals surface area contributed by atoms with Gasteiger partial charge in [-0.05, 0) is 37.0 Å². The summed E-state index contributed by atoms with van der Waals surface area (Å²) in [5, 5.41) is 9.72. The Bertz CT molecular complexity index is 1210. The van der Waals surface area contributed by atoms with Crippen molar-refractivity contribution in [1.82, 2.24) is 15.1 Å². The fourth-order valence-corrected chi connectivity index (χ4v) is 4.68. The van der Waals surface area contributed by atoms with Crippen LogP contribution >= 0.6 is 0 Å². The number of ether oxygens (including phenoxy) is 1. The largest absolute Gasteiger partial charge is 0.494 e. The van der Waals surface area contributed by atoms with Crippen LogP contribution in [0.3, 0.4) is 0 Å². The summed E-state index contributed by atoms with van der Waals surface area (Å²) in [5.41, 5.74) is 0.930. The maximum atomic E-state index is 13.0. The molecule has 0 bridgehead atoms. The monoisotopic (exact) mass is 596 g/mol. The van der Waals surface area contributed by atoms with Gasteiger partial charge in [0.2, 0.25) is 5.91 Å². The minimum atomic E-state index is -4.30. The molecule has 0 aliphatic carbocycles. The zero-order valence-corrected chi connectivity index (χ0v) is 22.5. The molecule has 0 saturated carbocycles. The summed E-state index contributed by atoms with van der Waals surface area (Å²) in [6.45, 7) is 0.173. The Morgan fingerprint density at radius 1 is 1.18 bits per heavy atom. The summed E-state index contributed by atoms with van der Waals surface area (Å²) < 4.78 is 93.5. The number of rotatable bonds is 13. The van der Waals surface area contributed by atoms with Crippen LogP contribution in [0.25, 0.3) is 0 Å². The van der Waals surface area contributed by atoms with Crippen LogP contribution < -0.4 is 15.4 Å². The van der Waals surface area contributed by atoms with Crippen LogP contribution in [0.1, 0.15) is 53.7 Å². The van der Waals surface area contributed by atoms with Crippen LogP contribution in [-0.4, -0.2) is 62.8 Å². The first kappa shape index (κ1) is 31.4. The lowest BCUT2D eigenvalue weighted by Gasteiger charge is -2.23. The first-order valence-electron chi connectivity index (χ1n) is 12.6. The molecule has 1 aromatic heterocycles. The molecule has 0 spiro atoms. The Labute approximate surface area is 229 Å². The molecule has 2 heterocycles. The summed E-state index contributed by atoms with van der Waals surface area (Å²) >= 11 is 0. The summed E-state index contributed by atoms with van der Waals surface area (Å²) in [6, 6.07) is 5.92. The van der Waals surface area contributed by atoms with Gasteiger partial charge in [-0.1, -0.05) is 12.1 Å². The molecule has 40 heavy (non-hydrogen) atoms. The second-order valence-corrected chi connectivity index (χ2v) is 10.9. The predicted molar refractivity (Wildman–Crippen MR) is 136 cm³/mol. The minimum Gasteiger partial charge on any atom is -0.494 e. The van der Waals surface area contributed by atoms with Gasteiger partial charge in [-0.15, -0.1) is 0 Å². The second-order valence-electron chi connectivity index (χ2n) is 9.51. The van der Waals surface area contributed by atoms with Gasteiger partial charge in [-0.3, -0.25) is 13.8 Å². The average Bonchev–Trinajstić information content (AvgIpc) is 3.16. The molecule has 222 valence electrons. The van der Waals surface area contributed by atoms with Crippen molar-refractivity contribution in [3.63, 3.8) is 0 Å². The Kier molecular flexibility index (Phi) is 10.6. The van der Waals surface area contributed by atoms with Gasteiger partial charge >= 0.3 is 12.4 Å². The van der Waals surface area contributed by atoms with E-state index in [-0.39, 0.29) is 56.0 Å². The lowest BCUT2D eigenvalue weighted by atomic mass is 9.99. The Balaban J connectivity index is 1.65. The van der Waals surface area contributed by atoms with Gasteiger partial charge in [-0.25, -0.2) is 4.68 Å². The normalized spacial score (nSPS) is 16.3. The minimum absolute atomic E-state index is 0.0274. The number of amides is 2. The molecule has 1 aliphatic rings. The number of carbonyl (C=O) groups excluding carboxylic acids is 2. The van der Waals surface area contributed by atoms with Crippen LogP contribution in [0.2, 0.25) is 0 Å². The van der Waals surface area contributed by atoms with Crippen molar-refractivity contribution >= 4 is 28.4 Å². The molecule has 2 atom stereocenters. The molecule has 1 aromatic carbocycles. The number of nitrogens with zero attached hydrogens (tertiary/aromatic N) is 2. The number of aromatic nitrogens is 2. The predicted octanol–water partition coefficient (Wildman–Crippen LogP) is 4.55. The first-order chi connectivity index (χ1) is 18.7. The summed E-state index contributed by atoms with van der Waals surface area (Å²) in [7, 11) is -1.45. The molecule has 2 unspecified atom stereocenters. The maximum absolute atomic E-state index is 13.0. The van der Waals surface area contributed by atoms with E-state index in [1.165, 1.54) is 17.0 Å². The van der Waals surface area contributed by atoms with Crippen LogP contribution in [0.5, 0.6) is 5.75 Å². The highest BCUT2D eigenvalue weighted by atomic mass is 32.2. The lowest BCUT2D eigenvalue weighted by molar-refractivity contribution is -0.136. The topological polar surface area (TPSA) is 102 Å². The van der Waals surface area contributed by atoms with Crippen molar-refractivity contribution in [2.75, 3.05) is 23.9 Å². The number of alkyl halides is 6. The molecule has 15 heteroatoms. The summed E-state index contributed by atoms with van der Waals surface area (Å²) in [5.74, 6) is -1.05. The van der Waals surface area contributed by atoms with Crippen molar-refractivity contribution in [2.45, 2.75) is 69.9 Å². The zero-order valence-electron chi connectivity index (χ0n) is 21.7. The van der Waals surface area contributed by atoms with Crippen molar-refractivity contribution in [1.29, 1.82) is 0 Å². The van der Waals surface area contributed by atoms with E-state index >= 15 is 0 Å². The van der Waals surface area contributed by atoms with Crippen LogP contribution in [0, 0.1) is 0 Å². The molecule has 2 aromatic rings. The van der Waals surface area contributed by atoms with Crippen LogP contribution in [0.4, 0.5) is 32.2 Å². The smallest absolute Gasteiger partial charge is 0.389 e. The van der Waals surface area contributed by atoms with E-state index in [9.17, 15) is 40.1 Å². The average molecular weight is 597 g/mol. The molecular formula is C25H30F6N4O4S. The Morgan fingerprint density at radius 3 is 2.58 bits per heavy atom. The van der Waals surface area contributed by atoms with Gasteiger partial charge in [0.25, 0.3) is 5.91 Å². The zero-order chi connectivity index (χ0) is 29.5. The Hall–Kier alpha value is -3.10. The molecule has 3 rings (SSSR count). The quantitative estimate of drug-likeness (QED) is 0.261. The highest BCUT2D eigenvalue weighted by Gasteiger charge is 2.33. The molecule has 8 nitrogen and oxygen atoms in total. The lowest BCUT2D eigenvalue weighted by Crippen LogP contribution is -2.42. The fraction of sp³-hybridized carbons (Fsp3) is 0.560. The molecular weight excluding hydrogens is 566 g/mol. The van der Waals surface area contributed by atoms with Gasteiger partial charge in [0.05, 0.1) is 12.3 Å². The van der Waals surface area contributed by atoms with Gasteiger partial charge < -0.3 is 15.4 Å². The van der Waals surface area contributed by atoms with Crippen molar-refractivity contribution < 1.29 is 44.9 Å². The molecule has 0 saturated heterocycles. The maximum Gasteiger partial charge on any atom is 0.389 e. The van der Waals surface area contributed by atoms with Crippen molar-refractivity contribution in [2.24, 2.45) is 0 Å². The highest BCUT2D eigenvalue weighted by molar-refractivity contribution is 7.85. The fourth-order valence-electron chi connectivity index (χ4n) is 4.23. The molecule has 0 fully saturated rings. The summed E-state index contributed by atoms with van der Waals surface area (Å²) in [4.78, 5) is 25.3. The van der Waals surface area contributed by atoms with E-state index < -0.39 is 53.9 Å². The van der Waals surface area contributed by atoms with E-state index in [4.69, 9.17) is 4.74 Å². The molecule has 2 amide bonds. The van der Waals surface area contributed by atoms with Crippen molar-refractivity contribution in [3.8, 4) is 5.75 Å². The number of nitrogens with one attached hydrogen (secondary N) is 2. The SMILES string of the molecule is CS(=O)CC(=O)Nc1c2c(nn1CCCCC(F)(F)F)CC(CCOc1cccc(CCC(F)(F)F)c1)NC2=O. The van der Waals surface area contributed by atoms with Gasteiger partial charge in [0.15, 0.2) is 0 Å². The third-order valence-electron chi connectivity index (χ3n) is 6.03. The molecule has 2 N–H and O–H groups in total. The van der Waals surface area contributed by atoms with Crippen molar-refractivity contribution in [3.05, 3.63) is 41.1 Å². The second kappa shape index (κ2) is 13.5. The third-order valence-corrected chi connectivity index (χ3v) is 6.70. The van der Waals surface area contributed by atoms with Gasteiger partial charge in [-0.2, -0.15) is 31.4 Å². The summed E-state index contributed by atoms with van der Waals surface area (Å²) in [6.07, 6.45) is -8.78. The van der Waals surface area contributed by atoms with E-state index in [1.54, 1.807) is 18.2 Å². The van der Waals surface area contributed by atoms with Gasteiger partial charge in [0.1, 0.15) is 22.9 Å². The number of aryl methyl sites for hydroxylation is 2. The third kappa shape index (κ3) is 10.1. The number of benzene rings is 1. The standard InChI is InChI=1S/C25H30F6N4O4S/c1-40(38)15-20(36)33-22-21-19(34-35(22)11-3-2-9-24(26,27)28)14-17(32-23(21)37)8-12-39-18-6-4-5-16(13-18)7-10-25(29,30)31/h4-6,13,17H,2-3,7-12,14-15H2,1H3,(H,32,37)(H,33,36). The highest BCUT2D eigenvalue weighted by Crippen LogP contribution is 2.28.